The number of aliphatic hydroxyl groups excluding tert-OH is 4. The zero-order chi connectivity index (χ0) is 61.7. The first-order valence-electron chi connectivity index (χ1n) is 25.9. The number of carboxylic acid groups (broad SMARTS) is 2. The number of amides is 4. The molecule has 35 nitrogen and oxygen atoms in total. The van der Waals surface area contributed by atoms with Crippen molar-refractivity contribution in [3.8, 4) is 12.3 Å². The molecule has 2 aliphatic rings. The third kappa shape index (κ3) is 29.1. The van der Waals surface area contributed by atoms with Gasteiger partial charge in [-0.1, -0.05) is 5.92 Å². The first-order valence-corrected chi connectivity index (χ1v) is 25.9. The van der Waals surface area contributed by atoms with Gasteiger partial charge in [-0.15, -0.1) is 6.42 Å². The Morgan fingerprint density at radius 3 is 1.37 bits per heavy atom. The van der Waals surface area contributed by atoms with E-state index >= 15 is 0 Å². The lowest BCUT2D eigenvalue weighted by atomic mass is 9.92. The minimum Gasteiger partial charge on any atom is -0.478 e. The summed E-state index contributed by atoms with van der Waals surface area (Å²) < 4.78 is 55.5. The number of nitrogens with one attached hydrogen (secondary N) is 4. The molecule has 0 fully saturated rings. The smallest absolute Gasteiger partial charge is 0.370 e. The molecule has 0 aromatic carbocycles. The van der Waals surface area contributed by atoms with Crippen LogP contribution in [0.5, 0.6) is 0 Å². The second kappa shape index (κ2) is 40.9. The lowest BCUT2D eigenvalue weighted by Gasteiger charge is -2.40. The van der Waals surface area contributed by atoms with E-state index in [0.717, 1.165) is 26.0 Å². The van der Waals surface area contributed by atoms with Crippen LogP contribution in [0.1, 0.15) is 13.8 Å². The quantitative estimate of drug-likeness (QED) is 0.0117. The van der Waals surface area contributed by atoms with Gasteiger partial charge in [0.1, 0.15) is 44.2 Å². The van der Waals surface area contributed by atoms with Gasteiger partial charge in [-0.25, -0.2) is 19.6 Å². The Bertz CT molecular complexity index is 2090. The van der Waals surface area contributed by atoms with Crippen molar-refractivity contribution in [1.29, 1.82) is 0 Å². The molecule has 0 aromatic rings. The van der Waals surface area contributed by atoms with Gasteiger partial charge in [0.2, 0.25) is 35.1 Å². The van der Waals surface area contributed by atoms with Gasteiger partial charge >= 0.3 is 11.9 Å². The molecule has 0 aromatic heterocycles. The molecule has 4 amide bonds. The number of hydrogen-bond donors (Lipinski definition) is 15. The van der Waals surface area contributed by atoms with E-state index in [4.69, 9.17) is 82.5 Å². The molecule has 2 rings (SSSR count). The third-order valence-corrected chi connectivity index (χ3v) is 11.2. The fraction of sp³-hybridized carbons (Fsp3) is 0.688. The summed E-state index contributed by atoms with van der Waals surface area (Å²) in [6.07, 6.45) is -2.52. The molecule has 0 spiro atoms. The molecule has 0 unspecified atom stereocenters. The lowest BCUT2D eigenvalue weighted by molar-refractivity contribution is -0.158. The Balaban J connectivity index is 2.00. The molecule has 83 heavy (non-hydrogen) atoms. The number of aliphatic carboxylic acids is 2. The fourth-order valence-electron chi connectivity index (χ4n) is 7.63. The van der Waals surface area contributed by atoms with E-state index in [1.807, 2.05) is 0 Å². The van der Waals surface area contributed by atoms with Gasteiger partial charge in [-0.2, -0.15) is 0 Å². The highest BCUT2D eigenvalue weighted by Crippen LogP contribution is 2.28. The number of aliphatic hydroxyl groups is 4. The molecule has 20 N–H and O–H groups in total. The Hall–Kier alpha value is -7.21. The molecule has 0 aliphatic carbocycles. The van der Waals surface area contributed by atoms with E-state index in [9.17, 15) is 59.4 Å². The Kier molecular flexibility index (Phi) is 35.4. The summed E-state index contributed by atoms with van der Waals surface area (Å²) in [7, 11) is 0. The van der Waals surface area contributed by atoms with Gasteiger partial charge in [0, 0.05) is 40.0 Å². The van der Waals surface area contributed by atoms with Gasteiger partial charge < -0.3 is 133 Å². The van der Waals surface area contributed by atoms with Crippen LogP contribution in [0.3, 0.4) is 0 Å². The van der Waals surface area contributed by atoms with E-state index < -0.39 is 146 Å². The van der Waals surface area contributed by atoms with Gasteiger partial charge in [0.25, 0.3) is 0 Å². The SMILES string of the molecule is C#CCOCCOCCOCCOCCN=C(N)N(CCOCCNC(=O)CO[C@@H]([C@@H]1OC(C(=O)O)=C[C@H](N=C(N)N)[C@H]1NC(C)=O)[C@H](O)CO)CCOCCNC(=O)CO[C@@H]([C@@H]1OC(C(=O)O)=C[C@H](N=C(N)N)[C@H]1NC(C)=O)[C@H](O)CO. The van der Waals surface area contributed by atoms with E-state index in [1.165, 1.54) is 0 Å². The van der Waals surface area contributed by atoms with Crippen molar-refractivity contribution in [2.45, 2.75) is 74.6 Å². The number of hydrogen-bond acceptors (Lipinski definition) is 23. The van der Waals surface area contributed by atoms with Crippen molar-refractivity contribution in [3.63, 3.8) is 0 Å². The van der Waals surface area contributed by atoms with Crippen molar-refractivity contribution in [2.24, 2.45) is 43.6 Å². The van der Waals surface area contributed by atoms with Crippen molar-refractivity contribution in [1.82, 2.24) is 26.2 Å². The molecule has 0 bridgehead atoms. The van der Waals surface area contributed by atoms with Crippen LogP contribution in [0.15, 0.2) is 38.6 Å². The number of guanidine groups is 3. The van der Waals surface area contributed by atoms with Crippen LogP contribution in [0.2, 0.25) is 0 Å². The first-order chi connectivity index (χ1) is 39.6. The average Bonchev–Trinajstić information content (AvgIpc) is 3.48. The summed E-state index contributed by atoms with van der Waals surface area (Å²) in [5.41, 5.74) is 28.5. The van der Waals surface area contributed by atoms with Crippen LogP contribution in [-0.4, -0.2) is 288 Å². The predicted molar refractivity (Wildman–Crippen MR) is 289 cm³/mol. The molecular formula is C48H81N13O22. The number of carbonyl (C=O) groups excluding carboxylic acids is 4. The second-order valence-electron chi connectivity index (χ2n) is 17.7. The number of aliphatic imine (C=N–C) groups is 3. The highest BCUT2D eigenvalue weighted by atomic mass is 16.6. The molecule has 0 saturated carbocycles. The van der Waals surface area contributed by atoms with Crippen LogP contribution in [-0.2, 0) is 76.1 Å². The largest absolute Gasteiger partial charge is 0.478 e. The van der Waals surface area contributed by atoms with Crippen molar-refractivity contribution in [2.75, 3.05) is 138 Å². The van der Waals surface area contributed by atoms with E-state index in [-0.39, 0.29) is 84.9 Å². The van der Waals surface area contributed by atoms with Gasteiger partial charge in [0.05, 0.1) is 117 Å². The Labute approximate surface area is 478 Å². The molecule has 2 heterocycles. The summed E-state index contributed by atoms with van der Waals surface area (Å²) in [6, 6.07) is -4.88. The summed E-state index contributed by atoms with van der Waals surface area (Å²) >= 11 is 0. The number of ether oxygens (including phenoxy) is 10. The third-order valence-electron chi connectivity index (χ3n) is 11.2. The average molecular weight is 1190 g/mol. The van der Waals surface area contributed by atoms with Crippen molar-refractivity contribution >= 4 is 53.4 Å². The van der Waals surface area contributed by atoms with E-state index in [0.29, 0.717) is 33.0 Å². The number of nitrogens with zero attached hydrogens (tertiary/aromatic N) is 4. The minimum atomic E-state index is -1.74. The second-order valence-corrected chi connectivity index (χ2v) is 17.7. The Morgan fingerprint density at radius 2 is 1.01 bits per heavy atom. The van der Waals surface area contributed by atoms with Gasteiger partial charge in [-0.3, -0.25) is 24.2 Å². The van der Waals surface area contributed by atoms with Gasteiger partial charge in [0.15, 0.2) is 30.1 Å². The number of carboxylic acids is 2. The van der Waals surface area contributed by atoms with E-state index in [1.54, 1.807) is 4.90 Å². The molecule has 2 aliphatic heterocycles. The standard InChI is InChI=1S/C48H81N13O22/c1-4-10-74-16-18-78-20-21-79-19-17-77-13-7-56-48(53)61(8-14-75-11-5-54-36(68)26-80-40(32(66)24-62)42-38(57-28(2)64)30(59-46(49)50)22-34(82-42)44(70)71)9-15-76-12-6-55-37(69)27-81-41(33(67)25-63)43-39(58-29(3)65)31(60-47(51)52)23-35(83-43)45(72)73/h1,22-23,30-33,38-43,62-63,66-67H,5-21,24-27H2,2-3H3,(H2,53,56)(H,54,68)(H,55,69)(H,57,64)(H,58,65)(H,70,71)(H,72,73)(H4,49,50,59)(H4,51,52,60)/t30-,31-,32+,33+,38+,39+,40+,41+,42+,43+/m0/s1. The minimum absolute atomic E-state index is 0.0202. The Morgan fingerprint density at radius 1 is 0.627 bits per heavy atom. The van der Waals surface area contributed by atoms with Crippen LogP contribution in [0.25, 0.3) is 0 Å². The van der Waals surface area contributed by atoms with Gasteiger partial charge in [-0.05, 0) is 12.2 Å². The van der Waals surface area contributed by atoms with E-state index in [2.05, 4.69) is 42.2 Å². The fourth-order valence-corrected chi connectivity index (χ4v) is 7.63. The zero-order valence-corrected chi connectivity index (χ0v) is 46.2. The number of carbonyl (C=O) groups is 6. The maximum atomic E-state index is 12.9. The molecule has 35 heteroatoms. The van der Waals surface area contributed by atoms with Crippen LogP contribution >= 0.6 is 0 Å². The maximum absolute atomic E-state index is 12.9. The number of rotatable bonds is 43. The predicted octanol–water partition coefficient (Wildman–Crippen LogP) is -8.93. The topological polar surface area (TPSA) is 535 Å². The summed E-state index contributed by atoms with van der Waals surface area (Å²) in [6.45, 7) is 1.96. The first kappa shape index (κ1) is 71.9. The zero-order valence-electron chi connectivity index (χ0n) is 46.2. The van der Waals surface area contributed by atoms with Crippen molar-refractivity contribution in [3.05, 3.63) is 23.7 Å². The maximum Gasteiger partial charge on any atom is 0.370 e. The van der Waals surface area contributed by atoms with Crippen LogP contribution in [0, 0.1) is 12.3 Å². The molecule has 0 saturated heterocycles. The molecule has 0 radical (unpaired) electrons. The van der Waals surface area contributed by atoms with Crippen LogP contribution in [0.4, 0.5) is 0 Å². The molecule has 10 atom stereocenters. The lowest BCUT2D eigenvalue weighted by Crippen LogP contribution is -2.60. The van der Waals surface area contributed by atoms with Crippen LogP contribution < -0.4 is 49.9 Å². The normalized spacial score (nSPS) is 20.0. The summed E-state index contributed by atoms with van der Waals surface area (Å²) in [5.74, 6) is -5.48. The summed E-state index contributed by atoms with van der Waals surface area (Å²) in [4.78, 5) is 87.9. The van der Waals surface area contributed by atoms with Crippen molar-refractivity contribution < 1.29 is 107 Å². The highest BCUT2D eigenvalue weighted by molar-refractivity contribution is 5.86. The number of nitrogens with two attached hydrogens (primary N) is 5. The number of terminal acetylenes is 1. The molecular weight excluding hydrogens is 1110 g/mol. The molecule has 470 valence electrons. The summed E-state index contributed by atoms with van der Waals surface area (Å²) in [5, 5.41) is 70.7. The highest BCUT2D eigenvalue weighted by Gasteiger charge is 2.47. The monoisotopic (exact) mass is 1190 g/mol.